The van der Waals surface area contributed by atoms with Crippen molar-refractivity contribution >= 4 is 22.5 Å². The van der Waals surface area contributed by atoms with E-state index in [1.807, 2.05) is 0 Å². The van der Waals surface area contributed by atoms with Crippen LogP contribution in [0.5, 0.6) is 0 Å². The van der Waals surface area contributed by atoms with E-state index in [0.717, 1.165) is 6.07 Å². The lowest BCUT2D eigenvalue weighted by Gasteiger charge is -2.23. The molecule has 0 aromatic heterocycles. The third-order valence-electron chi connectivity index (χ3n) is 2.96. The van der Waals surface area contributed by atoms with Crippen molar-refractivity contribution < 1.29 is 18.5 Å². The zero-order chi connectivity index (χ0) is 13.1. The Morgan fingerprint density at radius 3 is 2.67 bits per heavy atom. The third-order valence-corrected chi connectivity index (χ3v) is 4.34. The van der Waals surface area contributed by atoms with Gasteiger partial charge in [-0.1, -0.05) is 0 Å². The zero-order valence-corrected chi connectivity index (χ0v) is 10.5. The van der Waals surface area contributed by atoms with Crippen molar-refractivity contribution in [3.8, 4) is 0 Å². The molecule has 0 amide bonds. The SMILES string of the molecule is O=C(O)c1ccc(F)c(NC2CCS(=O)CC2)c1. The maximum absolute atomic E-state index is 13.5. The average molecular weight is 271 g/mol. The van der Waals surface area contributed by atoms with Crippen molar-refractivity contribution in [1.29, 1.82) is 0 Å². The van der Waals surface area contributed by atoms with Gasteiger partial charge in [-0.15, -0.1) is 0 Å². The van der Waals surface area contributed by atoms with Crippen LogP contribution in [0.1, 0.15) is 23.2 Å². The number of halogens is 1. The molecule has 1 aliphatic heterocycles. The maximum atomic E-state index is 13.5. The fraction of sp³-hybridized carbons (Fsp3) is 0.417. The number of rotatable bonds is 3. The van der Waals surface area contributed by atoms with Gasteiger partial charge in [0, 0.05) is 28.3 Å². The molecule has 0 saturated carbocycles. The Hall–Kier alpha value is -1.43. The van der Waals surface area contributed by atoms with E-state index in [4.69, 9.17) is 5.11 Å². The number of carboxylic acid groups (broad SMARTS) is 1. The number of aromatic carboxylic acids is 1. The number of carboxylic acids is 1. The van der Waals surface area contributed by atoms with Gasteiger partial charge in [0.15, 0.2) is 0 Å². The van der Waals surface area contributed by atoms with Gasteiger partial charge < -0.3 is 10.4 Å². The molecule has 0 bridgehead atoms. The average Bonchev–Trinajstić information content (AvgIpc) is 2.34. The summed E-state index contributed by atoms with van der Waals surface area (Å²) < 4.78 is 24.8. The fourth-order valence-electron chi connectivity index (χ4n) is 1.93. The monoisotopic (exact) mass is 271 g/mol. The zero-order valence-electron chi connectivity index (χ0n) is 9.69. The summed E-state index contributed by atoms with van der Waals surface area (Å²) in [7, 11) is -0.764. The van der Waals surface area contributed by atoms with Crippen molar-refractivity contribution in [1.82, 2.24) is 0 Å². The van der Waals surface area contributed by atoms with Crippen molar-refractivity contribution in [2.24, 2.45) is 0 Å². The maximum Gasteiger partial charge on any atom is 0.335 e. The molecule has 2 N–H and O–H groups in total. The molecular weight excluding hydrogens is 257 g/mol. The normalized spacial score (nSPS) is 23.6. The summed E-state index contributed by atoms with van der Waals surface area (Å²) in [5, 5.41) is 11.8. The molecule has 18 heavy (non-hydrogen) atoms. The van der Waals surface area contributed by atoms with Crippen LogP contribution in [0.3, 0.4) is 0 Å². The van der Waals surface area contributed by atoms with Gasteiger partial charge in [0.25, 0.3) is 0 Å². The lowest BCUT2D eigenvalue weighted by atomic mass is 10.1. The molecule has 0 atom stereocenters. The van der Waals surface area contributed by atoms with Crippen LogP contribution in [-0.2, 0) is 10.8 Å². The highest BCUT2D eigenvalue weighted by atomic mass is 32.2. The van der Waals surface area contributed by atoms with Crippen LogP contribution in [0.2, 0.25) is 0 Å². The van der Waals surface area contributed by atoms with Crippen LogP contribution in [0.15, 0.2) is 18.2 Å². The van der Waals surface area contributed by atoms with Gasteiger partial charge >= 0.3 is 5.97 Å². The summed E-state index contributed by atoms with van der Waals surface area (Å²) in [6, 6.07) is 3.73. The van der Waals surface area contributed by atoms with Crippen LogP contribution in [0, 0.1) is 5.82 Å². The molecule has 6 heteroatoms. The number of hydrogen-bond donors (Lipinski definition) is 2. The Balaban J connectivity index is 2.10. The van der Waals surface area contributed by atoms with Gasteiger partial charge in [-0.25, -0.2) is 9.18 Å². The first-order valence-corrected chi connectivity index (χ1v) is 7.19. The van der Waals surface area contributed by atoms with E-state index < -0.39 is 22.6 Å². The van der Waals surface area contributed by atoms with E-state index in [-0.39, 0.29) is 17.3 Å². The Morgan fingerprint density at radius 2 is 2.06 bits per heavy atom. The molecule has 1 fully saturated rings. The summed E-state index contributed by atoms with van der Waals surface area (Å²) in [5.41, 5.74) is 0.255. The molecule has 0 aliphatic carbocycles. The van der Waals surface area contributed by atoms with Gasteiger partial charge in [-0.3, -0.25) is 4.21 Å². The van der Waals surface area contributed by atoms with Gasteiger partial charge in [0.05, 0.1) is 11.3 Å². The summed E-state index contributed by atoms with van der Waals surface area (Å²) in [4.78, 5) is 10.8. The minimum absolute atomic E-state index is 0.0540. The van der Waals surface area contributed by atoms with Crippen molar-refractivity contribution in [3.63, 3.8) is 0 Å². The molecular formula is C12H14FNO3S. The fourth-order valence-corrected chi connectivity index (χ4v) is 3.23. The Kier molecular flexibility index (Phi) is 3.96. The van der Waals surface area contributed by atoms with E-state index in [0.29, 0.717) is 24.3 Å². The van der Waals surface area contributed by atoms with E-state index in [2.05, 4.69) is 5.32 Å². The molecule has 1 heterocycles. The topological polar surface area (TPSA) is 66.4 Å². The van der Waals surface area contributed by atoms with E-state index >= 15 is 0 Å². The molecule has 0 unspecified atom stereocenters. The van der Waals surface area contributed by atoms with Crippen molar-refractivity contribution in [2.75, 3.05) is 16.8 Å². The lowest BCUT2D eigenvalue weighted by Crippen LogP contribution is -2.29. The van der Waals surface area contributed by atoms with E-state index in [1.54, 1.807) is 0 Å². The highest BCUT2D eigenvalue weighted by Gasteiger charge is 2.19. The molecule has 98 valence electrons. The predicted octanol–water partition coefficient (Wildman–Crippen LogP) is 1.85. The number of hydrogen-bond acceptors (Lipinski definition) is 3. The van der Waals surface area contributed by atoms with Gasteiger partial charge in [0.2, 0.25) is 0 Å². The highest BCUT2D eigenvalue weighted by Crippen LogP contribution is 2.20. The van der Waals surface area contributed by atoms with Crippen molar-refractivity contribution in [2.45, 2.75) is 18.9 Å². The minimum atomic E-state index is -1.08. The smallest absolute Gasteiger partial charge is 0.335 e. The van der Waals surface area contributed by atoms with Crippen LogP contribution in [0.4, 0.5) is 10.1 Å². The molecule has 1 aromatic carbocycles. The van der Waals surface area contributed by atoms with Crippen molar-refractivity contribution in [3.05, 3.63) is 29.6 Å². The van der Waals surface area contributed by atoms with E-state index in [9.17, 15) is 13.4 Å². The largest absolute Gasteiger partial charge is 0.478 e. The van der Waals surface area contributed by atoms with E-state index in [1.165, 1.54) is 12.1 Å². The van der Waals surface area contributed by atoms with Gasteiger partial charge in [-0.2, -0.15) is 0 Å². The van der Waals surface area contributed by atoms with Crippen LogP contribution in [0.25, 0.3) is 0 Å². The molecule has 4 nitrogen and oxygen atoms in total. The number of benzene rings is 1. The Bertz CT molecular complexity index is 482. The minimum Gasteiger partial charge on any atom is -0.478 e. The Labute approximate surface area is 107 Å². The summed E-state index contributed by atoms with van der Waals surface area (Å²) >= 11 is 0. The summed E-state index contributed by atoms with van der Waals surface area (Å²) in [6.45, 7) is 0. The summed E-state index contributed by atoms with van der Waals surface area (Å²) in [5.74, 6) is -0.329. The predicted molar refractivity (Wildman–Crippen MR) is 67.9 cm³/mol. The Morgan fingerprint density at radius 1 is 1.39 bits per heavy atom. The molecule has 2 rings (SSSR count). The third kappa shape index (κ3) is 3.07. The molecule has 1 aromatic rings. The van der Waals surface area contributed by atoms with Crippen LogP contribution < -0.4 is 5.32 Å². The molecule has 0 spiro atoms. The first-order chi connectivity index (χ1) is 8.56. The molecule has 0 radical (unpaired) electrons. The standard InChI is InChI=1S/C12H14FNO3S/c13-10-2-1-8(12(15)16)7-11(10)14-9-3-5-18(17)6-4-9/h1-2,7,9,14H,3-6H2,(H,15,16). The number of anilines is 1. The second-order valence-electron chi connectivity index (χ2n) is 4.27. The first-order valence-electron chi connectivity index (χ1n) is 5.70. The second kappa shape index (κ2) is 5.48. The van der Waals surface area contributed by atoms with Gasteiger partial charge in [-0.05, 0) is 31.0 Å². The van der Waals surface area contributed by atoms with Crippen LogP contribution >= 0.6 is 0 Å². The van der Waals surface area contributed by atoms with Gasteiger partial charge in [0.1, 0.15) is 5.82 Å². The number of carbonyl (C=O) groups is 1. The molecule has 1 saturated heterocycles. The summed E-state index contributed by atoms with van der Waals surface area (Å²) in [6.07, 6.45) is 1.42. The molecule has 1 aliphatic rings. The quantitative estimate of drug-likeness (QED) is 0.880. The first kappa shape index (κ1) is 13.0. The highest BCUT2D eigenvalue weighted by molar-refractivity contribution is 7.85. The number of nitrogens with one attached hydrogen (secondary N) is 1. The lowest BCUT2D eigenvalue weighted by molar-refractivity contribution is 0.0697. The van der Waals surface area contributed by atoms with Crippen LogP contribution in [-0.4, -0.2) is 32.8 Å². The second-order valence-corrected chi connectivity index (χ2v) is 5.96.